The van der Waals surface area contributed by atoms with Crippen molar-refractivity contribution in [2.75, 3.05) is 32.8 Å². The van der Waals surface area contributed by atoms with E-state index in [-0.39, 0.29) is 12.6 Å². The highest BCUT2D eigenvalue weighted by Crippen LogP contribution is 2.20. The Hall–Kier alpha value is -0.770. The van der Waals surface area contributed by atoms with E-state index >= 15 is 0 Å². The van der Waals surface area contributed by atoms with Gasteiger partial charge in [-0.05, 0) is 39.0 Å². The second-order valence-corrected chi connectivity index (χ2v) is 4.42. The molecule has 4 nitrogen and oxygen atoms in total. The van der Waals surface area contributed by atoms with Crippen LogP contribution in [0.2, 0.25) is 0 Å². The molecule has 0 bridgehead atoms. The van der Waals surface area contributed by atoms with Crippen LogP contribution in [-0.4, -0.2) is 53.7 Å². The molecule has 1 saturated heterocycles. The van der Waals surface area contributed by atoms with Gasteiger partial charge in [-0.15, -0.1) is 0 Å². The minimum atomic E-state index is 0.160. The Bertz CT molecular complexity index is 215. The average molecular weight is 228 g/mol. The average Bonchev–Trinajstić information content (AvgIpc) is 2.31. The summed E-state index contributed by atoms with van der Waals surface area (Å²) in [6.45, 7) is 7.49. The van der Waals surface area contributed by atoms with Crippen LogP contribution in [0.15, 0.2) is 0 Å². The van der Waals surface area contributed by atoms with Crippen LogP contribution >= 0.6 is 0 Å². The van der Waals surface area contributed by atoms with Crippen LogP contribution in [0.5, 0.6) is 0 Å². The van der Waals surface area contributed by atoms with Crippen molar-refractivity contribution in [3.05, 3.63) is 0 Å². The van der Waals surface area contributed by atoms with Crippen LogP contribution in [0.3, 0.4) is 0 Å². The maximum atomic E-state index is 12.1. The monoisotopic (exact) mass is 228 g/mol. The number of rotatable bonds is 4. The van der Waals surface area contributed by atoms with E-state index < -0.39 is 0 Å². The van der Waals surface area contributed by atoms with Crippen molar-refractivity contribution in [1.82, 2.24) is 9.80 Å². The third-order valence-electron chi connectivity index (χ3n) is 3.36. The number of likely N-dealkylation sites (tertiary alicyclic amines) is 1. The van der Waals surface area contributed by atoms with Crippen LogP contribution in [0, 0.1) is 5.92 Å². The summed E-state index contributed by atoms with van der Waals surface area (Å²) < 4.78 is 0. The van der Waals surface area contributed by atoms with Crippen LogP contribution in [-0.2, 0) is 0 Å². The zero-order chi connectivity index (χ0) is 12.0. The number of piperidine rings is 1. The summed E-state index contributed by atoms with van der Waals surface area (Å²) in [6, 6.07) is 0.160. The first kappa shape index (κ1) is 13.3. The highest BCUT2D eigenvalue weighted by Gasteiger charge is 2.25. The number of amides is 2. The van der Waals surface area contributed by atoms with E-state index in [1.165, 1.54) is 0 Å². The Kier molecular flexibility index (Phi) is 5.60. The molecule has 1 rings (SSSR count). The van der Waals surface area contributed by atoms with Crippen LogP contribution in [0.25, 0.3) is 0 Å². The number of hydrogen-bond donors (Lipinski definition) is 1. The topological polar surface area (TPSA) is 43.8 Å². The molecule has 94 valence electrons. The summed E-state index contributed by atoms with van der Waals surface area (Å²) in [5.41, 5.74) is 0. The summed E-state index contributed by atoms with van der Waals surface area (Å²) in [6.07, 6.45) is 3.03. The SMILES string of the molecule is CCN(CC)C(=O)N1CCCC(CCO)C1. The lowest BCUT2D eigenvalue weighted by molar-refractivity contribution is 0.122. The number of aliphatic hydroxyl groups is 1. The van der Waals surface area contributed by atoms with Gasteiger partial charge in [-0.25, -0.2) is 4.79 Å². The Morgan fingerprint density at radius 2 is 2.12 bits per heavy atom. The molecule has 1 aliphatic heterocycles. The molecule has 1 atom stereocenters. The van der Waals surface area contributed by atoms with Crippen molar-refractivity contribution in [2.24, 2.45) is 5.92 Å². The van der Waals surface area contributed by atoms with Gasteiger partial charge in [-0.2, -0.15) is 0 Å². The first-order valence-electron chi connectivity index (χ1n) is 6.37. The predicted octanol–water partition coefficient (Wildman–Crippen LogP) is 1.54. The zero-order valence-electron chi connectivity index (χ0n) is 10.5. The molecule has 0 aromatic carbocycles. The standard InChI is InChI=1S/C12H24N2O2/c1-3-13(4-2)12(16)14-8-5-6-11(10-14)7-9-15/h11,15H,3-10H2,1-2H3. The molecule has 1 N–H and O–H groups in total. The van der Waals surface area contributed by atoms with Gasteiger partial charge in [0.2, 0.25) is 0 Å². The summed E-state index contributed by atoms with van der Waals surface area (Å²) >= 11 is 0. The van der Waals surface area contributed by atoms with Gasteiger partial charge in [0.15, 0.2) is 0 Å². The highest BCUT2D eigenvalue weighted by atomic mass is 16.3. The molecule has 0 aliphatic carbocycles. The Morgan fingerprint density at radius 3 is 2.69 bits per heavy atom. The molecule has 0 aromatic heterocycles. The largest absolute Gasteiger partial charge is 0.396 e. The van der Waals surface area contributed by atoms with Crippen molar-refractivity contribution >= 4 is 6.03 Å². The molecule has 1 aliphatic rings. The lowest BCUT2D eigenvalue weighted by atomic mass is 9.95. The Morgan fingerprint density at radius 1 is 1.44 bits per heavy atom. The van der Waals surface area contributed by atoms with Crippen LogP contribution < -0.4 is 0 Å². The molecule has 2 amide bonds. The third-order valence-corrected chi connectivity index (χ3v) is 3.36. The fourth-order valence-corrected chi connectivity index (χ4v) is 2.35. The molecule has 0 aromatic rings. The van der Waals surface area contributed by atoms with Gasteiger partial charge in [0.25, 0.3) is 0 Å². The van der Waals surface area contributed by atoms with Gasteiger partial charge in [-0.1, -0.05) is 0 Å². The van der Waals surface area contributed by atoms with E-state index in [1.807, 2.05) is 23.6 Å². The zero-order valence-corrected chi connectivity index (χ0v) is 10.5. The molecule has 1 heterocycles. The summed E-state index contributed by atoms with van der Waals surface area (Å²) in [5, 5.41) is 8.93. The van der Waals surface area contributed by atoms with E-state index in [4.69, 9.17) is 5.11 Å². The Balaban J connectivity index is 2.49. The third kappa shape index (κ3) is 3.37. The predicted molar refractivity (Wildman–Crippen MR) is 64.3 cm³/mol. The molecule has 0 spiro atoms. The smallest absolute Gasteiger partial charge is 0.319 e. The van der Waals surface area contributed by atoms with Crippen molar-refractivity contribution in [3.8, 4) is 0 Å². The molecule has 4 heteroatoms. The highest BCUT2D eigenvalue weighted by molar-refractivity contribution is 5.74. The maximum Gasteiger partial charge on any atom is 0.319 e. The summed E-state index contributed by atoms with van der Waals surface area (Å²) in [4.78, 5) is 15.9. The maximum absolute atomic E-state index is 12.1. The number of carbonyl (C=O) groups is 1. The van der Waals surface area contributed by atoms with Gasteiger partial charge in [0.1, 0.15) is 0 Å². The van der Waals surface area contributed by atoms with E-state index in [0.717, 1.165) is 45.4 Å². The van der Waals surface area contributed by atoms with E-state index in [0.29, 0.717) is 5.92 Å². The number of hydrogen-bond acceptors (Lipinski definition) is 2. The second-order valence-electron chi connectivity index (χ2n) is 4.42. The first-order chi connectivity index (χ1) is 7.72. The molecular weight excluding hydrogens is 204 g/mol. The van der Waals surface area contributed by atoms with Crippen molar-refractivity contribution < 1.29 is 9.90 Å². The van der Waals surface area contributed by atoms with Gasteiger partial charge < -0.3 is 14.9 Å². The lowest BCUT2D eigenvalue weighted by Gasteiger charge is -2.35. The summed E-state index contributed by atoms with van der Waals surface area (Å²) in [7, 11) is 0. The Labute approximate surface area is 98.2 Å². The molecular formula is C12H24N2O2. The normalized spacial score (nSPS) is 20.9. The number of nitrogens with zero attached hydrogens (tertiary/aromatic N) is 2. The van der Waals surface area contributed by atoms with Gasteiger partial charge >= 0.3 is 6.03 Å². The number of carbonyl (C=O) groups excluding carboxylic acids is 1. The van der Waals surface area contributed by atoms with Crippen LogP contribution in [0.4, 0.5) is 4.79 Å². The molecule has 1 fully saturated rings. The van der Waals surface area contributed by atoms with E-state index in [1.54, 1.807) is 0 Å². The minimum Gasteiger partial charge on any atom is -0.396 e. The van der Waals surface area contributed by atoms with Crippen molar-refractivity contribution in [2.45, 2.75) is 33.1 Å². The van der Waals surface area contributed by atoms with Gasteiger partial charge in [0, 0.05) is 32.8 Å². The van der Waals surface area contributed by atoms with Crippen molar-refractivity contribution in [3.63, 3.8) is 0 Å². The molecule has 16 heavy (non-hydrogen) atoms. The van der Waals surface area contributed by atoms with Gasteiger partial charge in [-0.3, -0.25) is 0 Å². The fourth-order valence-electron chi connectivity index (χ4n) is 2.35. The number of urea groups is 1. The van der Waals surface area contributed by atoms with Gasteiger partial charge in [0.05, 0.1) is 0 Å². The minimum absolute atomic E-state index is 0.160. The summed E-state index contributed by atoms with van der Waals surface area (Å²) in [5.74, 6) is 0.485. The number of aliphatic hydroxyl groups excluding tert-OH is 1. The second kappa shape index (κ2) is 6.74. The van der Waals surface area contributed by atoms with Crippen LogP contribution in [0.1, 0.15) is 33.1 Å². The molecule has 1 unspecified atom stereocenters. The van der Waals surface area contributed by atoms with E-state index in [9.17, 15) is 4.79 Å². The first-order valence-corrected chi connectivity index (χ1v) is 6.37. The van der Waals surface area contributed by atoms with Crippen molar-refractivity contribution in [1.29, 1.82) is 0 Å². The quantitative estimate of drug-likeness (QED) is 0.793. The fraction of sp³-hybridized carbons (Fsp3) is 0.917. The molecule has 0 radical (unpaired) electrons. The lowest BCUT2D eigenvalue weighted by Crippen LogP contribution is -2.47. The molecule has 0 saturated carbocycles. The van der Waals surface area contributed by atoms with E-state index in [2.05, 4.69) is 0 Å².